The largest absolute Gasteiger partial charge is 0.416 e. The average molecular weight is 410 g/mol. The van der Waals surface area contributed by atoms with Crippen molar-refractivity contribution in [2.45, 2.75) is 6.18 Å². The number of amides is 1. The molecule has 0 fully saturated rings. The van der Waals surface area contributed by atoms with Crippen molar-refractivity contribution in [2.24, 2.45) is 0 Å². The molecule has 2 N–H and O–H groups in total. The number of aromatic amines is 1. The second-order valence-electron chi connectivity index (χ2n) is 6.41. The Labute approximate surface area is 167 Å². The van der Waals surface area contributed by atoms with Gasteiger partial charge in [-0.3, -0.25) is 14.6 Å². The van der Waals surface area contributed by atoms with Gasteiger partial charge in [0.05, 0.1) is 16.6 Å². The highest BCUT2D eigenvalue weighted by molar-refractivity contribution is 6.07. The van der Waals surface area contributed by atoms with Crippen molar-refractivity contribution in [3.8, 4) is 11.4 Å². The number of nitrogens with zero attached hydrogens (tertiary/aromatic N) is 2. The van der Waals surface area contributed by atoms with E-state index in [2.05, 4.69) is 20.5 Å². The molecular formula is C21H13F3N4O2. The highest BCUT2D eigenvalue weighted by atomic mass is 19.4. The third-order valence-corrected chi connectivity index (χ3v) is 4.41. The van der Waals surface area contributed by atoms with E-state index in [0.717, 1.165) is 12.1 Å². The van der Waals surface area contributed by atoms with Crippen LogP contribution in [0.15, 0.2) is 71.7 Å². The summed E-state index contributed by atoms with van der Waals surface area (Å²) in [5.74, 6) is -0.622. The van der Waals surface area contributed by atoms with Gasteiger partial charge in [0.25, 0.3) is 11.5 Å². The lowest BCUT2D eigenvalue weighted by molar-refractivity contribution is -0.137. The summed E-state index contributed by atoms with van der Waals surface area (Å²) in [5.41, 5.74) is -0.275. The van der Waals surface area contributed by atoms with Gasteiger partial charge < -0.3 is 5.32 Å². The van der Waals surface area contributed by atoms with Crippen LogP contribution in [-0.2, 0) is 6.18 Å². The zero-order chi connectivity index (χ0) is 21.3. The average Bonchev–Trinajstić information content (AvgIpc) is 2.74. The van der Waals surface area contributed by atoms with Crippen LogP contribution in [0.2, 0.25) is 0 Å². The number of carbonyl (C=O) groups excluding carboxylic acids is 1. The van der Waals surface area contributed by atoms with E-state index in [1.54, 1.807) is 24.4 Å². The lowest BCUT2D eigenvalue weighted by Gasteiger charge is -2.11. The molecule has 0 unspecified atom stereocenters. The Balaban J connectivity index is 1.73. The fourth-order valence-electron chi connectivity index (χ4n) is 2.98. The van der Waals surface area contributed by atoms with Gasteiger partial charge in [0.2, 0.25) is 0 Å². The number of pyridine rings is 1. The Morgan fingerprint density at radius 2 is 1.80 bits per heavy atom. The summed E-state index contributed by atoms with van der Waals surface area (Å²) in [6.45, 7) is 0. The second-order valence-corrected chi connectivity index (χ2v) is 6.41. The van der Waals surface area contributed by atoms with E-state index < -0.39 is 23.2 Å². The maximum Gasteiger partial charge on any atom is 0.416 e. The van der Waals surface area contributed by atoms with Gasteiger partial charge in [0, 0.05) is 22.8 Å². The zero-order valence-corrected chi connectivity index (χ0v) is 15.2. The molecule has 30 heavy (non-hydrogen) atoms. The van der Waals surface area contributed by atoms with Crippen LogP contribution in [-0.4, -0.2) is 21.1 Å². The Morgan fingerprint density at radius 1 is 0.967 bits per heavy atom. The van der Waals surface area contributed by atoms with Gasteiger partial charge in [0.15, 0.2) is 0 Å². The molecule has 0 atom stereocenters. The number of hydrogen-bond donors (Lipinski definition) is 2. The lowest BCUT2D eigenvalue weighted by atomic mass is 10.0. The summed E-state index contributed by atoms with van der Waals surface area (Å²) in [4.78, 5) is 29.0. The lowest BCUT2D eigenvalue weighted by Crippen LogP contribution is -2.14. The number of benzene rings is 2. The molecule has 4 aromatic rings. The first kappa shape index (κ1) is 19.3. The Morgan fingerprint density at radius 3 is 2.53 bits per heavy atom. The number of hydrogen-bond acceptors (Lipinski definition) is 4. The van der Waals surface area contributed by atoms with E-state index in [0.29, 0.717) is 22.2 Å². The van der Waals surface area contributed by atoms with Crippen molar-refractivity contribution in [3.63, 3.8) is 0 Å². The molecule has 0 bridgehead atoms. The molecule has 9 heteroatoms. The molecule has 2 aromatic carbocycles. The quantitative estimate of drug-likeness (QED) is 0.528. The van der Waals surface area contributed by atoms with E-state index in [4.69, 9.17) is 0 Å². The summed E-state index contributed by atoms with van der Waals surface area (Å²) in [5, 5.41) is 9.59. The third-order valence-electron chi connectivity index (χ3n) is 4.41. The number of carbonyl (C=O) groups is 1. The molecule has 150 valence electrons. The molecule has 1 amide bonds. The molecule has 6 nitrogen and oxygen atoms in total. The number of fused-ring (bicyclic) bond motifs is 1. The number of alkyl halides is 3. The fourth-order valence-corrected chi connectivity index (χ4v) is 2.98. The first-order chi connectivity index (χ1) is 14.3. The number of rotatable bonds is 3. The second kappa shape index (κ2) is 7.43. The minimum atomic E-state index is -4.52. The van der Waals surface area contributed by atoms with E-state index in [1.807, 2.05) is 0 Å². The molecule has 0 aliphatic rings. The van der Waals surface area contributed by atoms with Crippen molar-refractivity contribution in [2.75, 3.05) is 5.32 Å². The van der Waals surface area contributed by atoms with Crippen LogP contribution in [0.3, 0.4) is 0 Å². The van der Waals surface area contributed by atoms with Gasteiger partial charge >= 0.3 is 6.18 Å². The topological polar surface area (TPSA) is 87.7 Å². The van der Waals surface area contributed by atoms with Gasteiger partial charge in [-0.2, -0.15) is 18.3 Å². The van der Waals surface area contributed by atoms with Gasteiger partial charge in [-0.1, -0.05) is 12.1 Å². The molecule has 4 rings (SSSR count). The van der Waals surface area contributed by atoms with Crippen molar-refractivity contribution < 1.29 is 18.0 Å². The number of aromatic nitrogens is 3. The van der Waals surface area contributed by atoms with E-state index >= 15 is 0 Å². The Kier molecular flexibility index (Phi) is 4.78. The molecular weight excluding hydrogens is 397 g/mol. The predicted octanol–water partition coefficient (Wildman–Crippen LogP) is 4.26. The van der Waals surface area contributed by atoms with Crippen LogP contribution in [0, 0.1) is 0 Å². The fraction of sp³-hybridized carbons (Fsp3) is 0.0476. The van der Waals surface area contributed by atoms with Crippen LogP contribution in [0.5, 0.6) is 0 Å². The van der Waals surface area contributed by atoms with Crippen molar-refractivity contribution >= 4 is 22.4 Å². The van der Waals surface area contributed by atoms with Crippen molar-refractivity contribution in [1.29, 1.82) is 0 Å². The highest BCUT2D eigenvalue weighted by Crippen LogP contribution is 2.31. The van der Waals surface area contributed by atoms with Gasteiger partial charge in [-0.05, 0) is 48.5 Å². The number of H-pyrrole nitrogens is 1. The van der Waals surface area contributed by atoms with Crippen LogP contribution < -0.4 is 10.9 Å². The summed E-state index contributed by atoms with van der Waals surface area (Å²) in [6, 6.07) is 13.9. The standard InChI is InChI=1S/C21H13F3N4O2/c22-21(23,24)13-4-3-5-14(11-13)26-19(29)12-7-8-15-16(10-12)18(27-28-20(15)30)17-6-1-2-9-25-17/h1-11H,(H,26,29)(H,28,30). The maximum absolute atomic E-state index is 12.9. The summed E-state index contributed by atoms with van der Waals surface area (Å²) < 4.78 is 38.7. The molecule has 0 radical (unpaired) electrons. The number of anilines is 1. The SMILES string of the molecule is O=C(Nc1cccc(C(F)(F)F)c1)c1ccc2c(=O)[nH]nc(-c3ccccn3)c2c1. The van der Waals surface area contributed by atoms with Crippen molar-refractivity contribution in [3.05, 3.63) is 88.3 Å². The molecule has 0 saturated carbocycles. The first-order valence-electron chi connectivity index (χ1n) is 8.75. The minimum Gasteiger partial charge on any atom is -0.322 e. The predicted molar refractivity (Wildman–Crippen MR) is 105 cm³/mol. The molecule has 2 heterocycles. The summed E-state index contributed by atoms with van der Waals surface area (Å²) in [6.07, 6.45) is -2.95. The van der Waals surface area contributed by atoms with Gasteiger partial charge in [0.1, 0.15) is 5.69 Å². The summed E-state index contributed by atoms with van der Waals surface area (Å²) >= 11 is 0. The van der Waals surface area contributed by atoms with Crippen LogP contribution in [0.25, 0.3) is 22.2 Å². The minimum absolute atomic E-state index is 0.00362. The molecule has 0 saturated heterocycles. The van der Waals surface area contributed by atoms with E-state index in [1.165, 1.54) is 30.3 Å². The normalized spacial score (nSPS) is 11.4. The van der Waals surface area contributed by atoms with Crippen LogP contribution in [0.1, 0.15) is 15.9 Å². The monoisotopic (exact) mass is 410 g/mol. The maximum atomic E-state index is 12.9. The number of halogens is 3. The third kappa shape index (κ3) is 3.77. The Bertz CT molecular complexity index is 1300. The van der Waals surface area contributed by atoms with Crippen LogP contribution in [0.4, 0.5) is 18.9 Å². The van der Waals surface area contributed by atoms with Gasteiger partial charge in [-0.15, -0.1) is 0 Å². The zero-order valence-electron chi connectivity index (χ0n) is 15.2. The molecule has 0 aliphatic carbocycles. The molecule has 0 aliphatic heterocycles. The van der Waals surface area contributed by atoms with Crippen LogP contribution >= 0.6 is 0 Å². The summed E-state index contributed by atoms with van der Waals surface area (Å²) in [7, 11) is 0. The first-order valence-corrected chi connectivity index (χ1v) is 8.75. The number of nitrogens with one attached hydrogen (secondary N) is 2. The van der Waals surface area contributed by atoms with Gasteiger partial charge in [-0.25, -0.2) is 5.10 Å². The highest BCUT2D eigenvalue weighted by Gasteiger charge is 2.30. The molecule has 2 aromatic heterocycles. The van der Waals surface area contributed by atoms with E-state index in [-0.39, 0.29) is 11.3 Å². The molecule has 0 spiro atoms. The Hall–Kier alpha value is -4.01. The van der Waals surface area contributed by atoms with E-state index in [9.17, 15) is 22.8 Å². The van der Waals surface area contributed by atoms with Crippen molar-refractivity contribution in [1.82, 2.24) is 15.2 Å². The smallest absolute Gasteiger partial charge is 0.322 e.